The summed E-state index contributed by atoms with van der Waals surface area (Å²) in [5.74, 6) is -0.0363. The lowest BCUT2D eigenvalue weighted by molar-refractivity contribution is -0.121. The minimum Gasteiger partial charge on any atom is -0.361 e. The maximum Gasteiger partial charge on any atom is 0.261 e. The van der Waals surface area contributed by atoms with Crippen LogP contribution in [0.25, 0.3) is 21.8 Å². The van der Waals surface area contributed by atoms with Gasteiger partial charge >= 0.3 is 0 Å². The zero-order valence-corrected chi connectivity index (χ0v) is 19.1. The second-order valence-electron chi connectivity index (χ2n) is 8.13. The van der Waals surface area contributed by atoms with Crippen LogP contribution < -0.4 is 10.9 Å². The van der Waals surface area contributed by atoms with Crippen molar-refractivity contribution in [3.8, 4) is 0 Å². The van der Waals surface area contributed by atoms with Gasteiger partial charge in [0.25, 0.3) is 5.56 Å². The van der Waals surface area contributed by atoms with E-state index in [2.05, 4.69) is 38.9 Å². The topological polar surface area (TPSA) is 79.8 Å². The summed E-state index contributed by atoms with van der Waals surface area (Å²) in [6.07, 6.45) is 3.78. The van der Waals surface area contributed by atoms with Crippen LogP contribution in [0.5, 0.6) is 0 Å². The number of fused-ring (bicyclic) bond motifs is 2. The molecule has 33 heavy (non-hydrogen) atoms. The van der Waals surface area contributed by atoms with Gasteiger partial charge in [-0.1, -0.05) is 36.4 Å². The average Bonchev–Trinajstić information content (AvgIpc) is 3.50. The molecule has 0 bridgehead atoms. The van der Waals surface area contributed by atoms with Gasteiger partial charge < -0.3 is 10.3 Å². The predicted molar refractivity (Wildman–Crippen MR) is 133 cm³/mol. The molecule has 0 saturated carbocycles. The molecule has 2 N–H and O–H groups in total. The van der Waals surface area contributed by atoms with Gasteiger partial charge in [-0.15, -0.1) is 11.3 Å². The smallest absolute Gasteiger partial charge is 0.261 e. The molecule has 6 nitrogen and oxygen atoms in total. The fourth-order valence-electron chi connectivity index (χ4n) is 4.26. The number of rotatable bonds is 7. The first kappa shape index (κ1) is 21.2. The Labute approximate surface area is 194 Å². The maximum absolute atomic E-state index is 12.8. The van der Waals surface area contributed by atoms with Crippen molar-refractivity contribution < 1.29 is 4.79 Å². The van der Waals surface area contributed by atoms with Gasteiger partial charge in [0.15, 0.2) is 0 Å². The van der Waals surface area contributed by atoms with Gasteiger partial charge in [0.1, 0.15) is 0 Å². The molecule has 0 saturated heterocycles. The number of aryl methyl sites for hydroxylation is 2. The highest BCUT2D eigenvalue weighted by atomic mass is 32.1. The van der Waals surface area contributed by atoms with Crippen LogP contribution in [0.4, 0.5) is 0 Å². The number of para-hydroxylation sites is 2. The number of H-pyrrole nitrogens is 1. The molecule has 0 fully saturated rings. The minimum absolute atomic E-state index is 0.0538. The molecule has 0 spiro atoms. The zero-order chi connectivity index (χ0) is 22.8. The highest BCUT2D eigenvalue weighted by Gasteiger charge is 2.20. The number of hydrogen-bond donors (Lipinski definition) is 2. The Morgan fingerprint density at radius 2 is 1.97 bits per heavy atom. The fraction of sp³-hybridized carbons (Fsp3) is 0.192. The highest BCUT2D eigenvalue weighted by Crippen LogP contribution is 2.32. The molecule has 7 heteroatoms. The summed E-state index contributed by atoms with van der Waals surface area (Å²) in [6.45, 7) is 2.72. The van der Waals surface area contributed by atoms with Crippen molar-refractivity contribution >= 4 is 39.0 Å². The minimum atomic E-state index is -0.119. The molecule has 3 aromatic heterocycles. The molecule has 0 radical (unpaired) electrons. The molecule has 2 aromatic carbocycles. The maximum atomic E-state index is 12.8. The highest BCUT2D eigenvalue weighted by molar-refractivity contribution is 7.10. The Kier molecular flexibility index (Phi) is 5.79. The lowest BCUT2D eigenvalue weighted by atomic mass is 9.96. The van der Waals surface area contributed by atoms with Crippen LogP contribution in [0.15, 0.2) is 77.3 Å². The van der Waals surface area contributed by atoms with E-state index in [-0.39, 0.29) is 30.3 Å². The number of amides is 1. The largest absolute Gasteiger partial charge is 0.361 e. The summed E-state index contributed by atoms with van der Waals surface area (Å²) in [6, 6.07) is 17.9. The van der Waals surface area contributed by atoms with Crippen LogP contribution in [0, 0.1) is 6.92 Å². The third-order valence-electron chi connectivity index (χ3n) is 6.02. The van der Waals surface area contributed by atoms with E-state index in [0.29, 0.717) is 17.4 Å². The molecular weight excluding hydrogens is 432 g/mol. The number of nitrogens with one attached hydrogen (secondary N) is 2. The monoisotopic (exact) mass is 456 g/mol. The van der Waals surface area contributed by atoms with E-state index in [4.69, 9.17) is 0 Å². The molecule has 5 aromatic rings. The number of nitrogens with zero attached hydrogens (tertiary/aromatic N) is 2. The second kappa shape index (κ2) is 9.03. The molecule has 5 rings (SSSR count). The van der Waals surface area contributed by atoms with Gasteiger partial charge in [-0.05, 0) is 41.6 Å². The van der Waals surface area contributed by atoms with Crippen molar-refractivity contribution in [3.63, 3.8) is 0 Å². The summed E-state index contributed by atoms with van der Waals surface area (Å²) >= 11 is 1.68. The van der Waals surface area contributed by atoms with Crippen molar-refractivity contribution in [3.05, 3.63) is 98.9 Å². The van der Waals surface area contributed by atoms with E-state index in [1.807, 2.05) is 43.5 Å². The average molecular weight is 457 g/mol. The molecular formula is C26H24N4O2S. The molecule has 1 atom stereocenters. The van der Waals surface area contributed by atoms with Crippen LogP contribution in [0.3, 0.4) is 0 Å². The number of carbonyl (C=O) groups is 1. The lowest BCUT2D eigenvalue weighted by Gasteiger charge is -2.16. The summed E-state index contributed by atoms with van der Waals surface area (Å²) < 4.78 is 1.51. The lowest BCUT2D eigenvalue weighted by Crippen LogP contribution is -2.30. The van der Waals surface area contributed by atoms with Crippen LogP contribution in [-0.2, 0) is 11.3 Å². The van der Waals surface area contributed by atoms with Gasteiger partial charge in [-0.2, -0.15) is 0 Å². The fourth-order valence-corrected chi connectivity index (χ4v) is 5.10. The Balaban J connectivity index is 1.30. The predicted octanol–water partition coefficient (Wildman–Crippen LogP) is 4.59. The van der Waals surface area contributed by atoms with E-state index >= 15 is 0 Å². The Hall–Kier alpha value is -3.71. The summed E-state index contributed by atoms with van der Waals surface area (Å²) in [5.41, 5.74) is 3.80. The third-order valence-corrected chi connectivity index (χ3v) is 7.01. The van der Waals surface area contributed by atoms with Gasteiger partial charge in [-0.3, -0.25) is 14.2 Å². The van der Waals surface area contributed by atoms with Crippen molar-refractivity contribution in [1.29, 1.82) is 0 Å². The number of hydrogen-bond acceptors (Lipinski definition) is 4. The summed E-state index contributed by atoms with van der Waals surface area (Å²) in [5, 5.41) is 6.87. The SMILES string of the molecule is Cc1cccc2c(=O)n(CCC(=O)NCC(c3cccs3)c3c[nH]c4ccccc34)cnc12. The first-order valence-corrected chi connectivity index (χ1v) is 11.8. The molecule has 1 unspecified atom stereocenters. The van der Waals surface area contributed by atoms with Crippen molar-refractivity contribution in [1.82, 2.24) is 19.9 Å². The van der Waals surface area contributed by atoms with Crippen molar-refractivity contribution in [2.24, 2.45) is 0 Å². The van der Waals surface area contributed by atoms with E-state index < -0.39 is 0 Å². The number of aromatic nitrogens is 3. The van der Waals surface area contributed by atoms with Crippen LogP contribution in [0.2, 0.25) is 0 Å². The third kappa shape index (κ3) is 4.19. The van der Waals surface area contributed by atoms with E-state index in [0.717, 1.165) is 16.5 Å². The summed E-state index contributed by atoms with van der Waals surface area (Å²) in [4.78, 5) is 34.4. The Bertz CT molecular complexity index is 1480. The van der Waals surface area contributed by atoms with Crippen LogP contribution in [-0.4, -0.2) is 27.0 Å². The standard InChI is InChI=1S/C26H24N4O2S/c1-17-6-4-8-19-25(17)29-16-30(26(19)32)12-11-24(31)28-15-21(23-10-5-13-33-23)20-14-27-22-9-3-2-7-18(20)22/h2-10,13-14,16,21,27H,11-12,15H2,1H3,(H,28,31). The first-order valence-electron chi connectivity index (χ1n) is 10.9. The molecule has 3 heterocycles. The Morgan fingerprint density at radius 1 is 1.12 bits per heavy atom. The quantitative estimate of drug-likeness (QED) is 0.376. The van der Waals surface area contributed by atoms with Gasteiger partial charge in [0, 0.05) is 47.4 Å². The number of benzene rings is 2. The molecule has 0 aliphatic heterocycles. The van der Waals surface area contributed by atoms with E-state index in [1.54, 1.807) is 17.4 Å². The van der Waals surface area contributed by atoms with Gasteiger partial charge in [0.2, 0.25) is 5.91 Å². The van der Waals surface area contributed by atoms with Crippen LogP contribution in [0.1, 0.15) is 28.3 Å². The molecule has 1 amide bonds. The van der Waals surface area contributed by atoms with E-state index in [1.165, 1.54) is 21.3 Å². The van der Waals surface area contributed by atoms with Crippen molar-refractivity contribution in [2.75, 3.05) is 6.54 Å². The van der Waals surface area contributed by atoms with Gasteiger partial charge in [0.05, 0.1) is 17.2 Å². The number of aromatic amines is 1. The van der Waals surface area contributed by atoms with Crippen LogP contribution >= 0.6 is 11.3 Å². The number of carbonyl (C=O) groups excluding carboxylic acids is 1. The second-order valence-corrected chi connectivity index (χ2v) is 9.11. The summed E-state index contributed by atoms with van der Waals surface area (Å²) in [7, 11) is 0. The molecule has 166 valence electrons. The molecule has 0 aliphatic carbocycles. The molecule has 0 aliphatic rings. The van der Waals surface area contributed by atoms with E-state index in [9.17, 15) is 9.59 Å². The Morgan fingerprint density at radius 3 is 2.82 bits per heavy atom. The number of thiophene rings is 1. The zero-order valence-electron chi connectivity index (χ0n) is 18.2. The van der Waals surface area contributed by atoms with Crippen molar-refractivity contribution in [2.45, 2.75) is 25.8 Å². The normalized spacial score (nSPS) is 12.3. The first-order chi connectivity index (χ1) is 16.1. The van der Waals surface area contributed by atoms with Gasteiger partial charge in [-0.25, -0.2) is 4.98 Å².